The summed E-state index contributed by atoms with van der Waals surface area (Å²) in [5, 5.41) is 6.76. The van der Waals surface area contributed by atoms with E-state index in [4.69, 9.17) is 14.5 Å². The highest BCUT2D eigenvalue weighted by Gasteiger charge is 2.15. The maximum Gasteiger partial charge on any atom is 0.231 e. The Bertz CT molecular complexity index is 614. The van der Waals surface area contributed by atoms with Crippen LogP contribution < -0.4 is 20.1 Å². The van der Waals surface area contributed by atoms with Gasteiger partial charge in [-0.05, 0) is 37.6 Å². The fourth-order valence-electron chi connectivity index (χ4n) is 3.40. The van der Waals surface area contributed by atoms with Crippen LogP contribution in [-0.2, 0) is 6.42 Å². The van der Waals surface area contributed by atoms with Gasteiger partial charge >= 0.3 is 0 Å². The number of rotatable bonds is 8. The quantitative estimate of drug-likeness (QED) is 0.525. The molecule has 0 bridgehead atoms. The van der Waals surface area contributed by atoms with Crippen molar-refractivity contribution >= 4 is 5.96 Å². The highest BCUT2D eigenvalue weighted by molar-refractivity contribution is 5.79. The number of likely N-dealkylation sites (N-methyl/N-ethyl adjacent to an activating group) is 1. The highest BCUT2D eigenvalue weighted by atomic mass is 16.7. The molecular formula is C20H33N5O2. The summed E-state index contributed by atoms with van der Waals surface area (Å²) in [5.41, 5.74) is 1.23. The van der Waals surface area contributed by atoms with Crippen molar-refractivity contribution in [3.8, 4) is 11.5 Å². The Morgan fingerprint density at radius 2 is 1.81 bits per heavy atom. The normalized spacial score (nSPS) is 17.9. The topological polar surface area (TPSA) is 61.4 Å². The van der Waals surface area contributed by atoms with Gasteiger partial charge in [0.1, 0.15) is 0 Å². The molecule has 1 fully saturated rings. The van der Waals surface area contributed by atoms with Crippen molar-refractivity contribution in [2.24, 2.45) is 4.99 Å². The molecule has 7 nitrogen and oxygen atoms in total. The van der Waals surface area contributed by atoms with E-state index in [0.29, 0.717) is 6.79 Å². The number of guanidine groups is 1. The van der Waals surface area contributed by atoms with Crippen LogP contribution >= 0.6 is 0 Å². The first-order chi connectivity index (χ1) is 13.3. The molecule has 0 aliphatic carbocycles. The predicted molar refractivity (Wildman–Crippen MR) is 109 cm³/mol. The summed E-state index contributed by atoms with van der Waals surface area (Å²) in [7, 11) is 0. The van der Waals surface area contributed by atoms with Gasteiger partial charge in [0.05, 0.1) is 6.54 Å². The van der Waals surface area contributed by atoms with Crippen LogP contribution in [0.5, 0.6) is 11.5 Å². The van der Waals surface area contributed by atoms with E-state index in [9.17, 15) is 0 Å². The third-order valence-electron chi connectivity index (χ3n) is 5.09. The molecule has 0 saturated carbocycles. The van der Waals surface area contributed by atoms with Gasteiger partial charge in [0.2, 0.25) is 6.79 Å². The minimum atomic E-state index is 0.321. The van der Waals surface area contributed by atoms with E-state index in [-0.39, 0.29) is 0 Å². The average molecular weight is 376 g/mol. The van der Waals surface area contributed by atoms with Gasteiger partial charge in [-0.15, -0.1) is 0 Å². The van der Waals surface area contributed by atoms with E-state index in [2.05, 4.69) is 46.4 Å². The van der Waals surface area contributed by atoms with Crippen molar-refractivity contribution in [2.75, 3.05) is 65.7 Å². The summed E-state index contributed by atoms with van der Waals surface area (Å²) in [6.45, 7) is 14.0. The lowest BCUT2D eigenvalue weighted by Gasteiger charge is -2.33. The van der Waals surface area contributed by atoms with E-state index in [1.54, 1.807) is 0 Å². The molecule has 1 aromatic rings. The van der Waals surface area contributed by atoms with Gasteiger partial charge in [0.15, 0.2) is 17.5 Å². The Balaban J connectivity index is 1.39. The average Bonchev–Trinajstić information content (AvgIpc) is 3.16. The Morgan fingerprint density at radius 1 is 1.04 bits per heavy atom. The third-order valence-corrected chi connectivity index (χ3v) is 5.09. The van der Waals surface area contributed by atoms with Crippen molar-refractivity contribution in [3.63, 3.8) is 0 Å². The lowest BCUT2D eigenvalue weighted by atomic mass is 10.1. The number of piperazine rings is 1. The molecule has 2 aliphatic heterocycles. The zero-order valence-corrected chi connectivity index (χ0v) is 16.7. The minimum Gasteiger partial charge on any atom is -0.454 e. The molecule has 0 amide bonds. The van der Waals surface area contributed by atoms with E-state index < -0.39 is 0 Å². The number of benzene rings is 1. The van der Waals surface area contributed by atoms with Crippen LogP contribution in [0.2, 0.25) is 0 Å². The Morgan fingerprint density at radius 3 is 2.59 bits per heavy atom. The van der Waals surface area contributed by atoms with Crippen molar-refractivity contribution in [3.05, 3.63) is 23.8 Å². The Hall–Kier alpha value is -1.99. The molecule has 7 heteroatoms. The molecule has 1 aromatic carbocycles. The van der Waals surface area contributed by atoms with Crippen molar-refractivity contribution in [1.29, 1.82) is 0 Å². The molecule has 150 valence electrons. The number of fused-ring (bicyclic) bond motifs is 1. The summed E-state index contributed by atoms with van der Waals surface area (Å²) in [5.74, 6) is 2.57. The number of ether oxygens (including phenoxy) is 2. The molecule has 1 saturated heterocycles. The molecule has 3 rings (SSSR count). The maximum absolute atomic E-state index is 5.44. The van der Waals surface area contributed by atoms with Gasteiger partial charge in [-0.3, -0.25) is 9.89 Å². The largest absolute Gasteiger partial charge is 0.454 e. The molecule has 2 aliphatic rings. The van der Waals surface area contributed by atoms with Crippen LogP contribution in [0.25, 0.3) is 0 Å². The zero-order valence-electron chi connectivity index (χ0n) is 16.7. The minimum absolute atomic E-state index is 0.321. The third kappa shape index (κ3) is 6.01. The van der Waals surface area contributed by atoms with Gasteiger partial charge in [-0.1, -0.05) is 13.0 Å². The van der Waals surface area contributed by atoms with Gasteiger partial charge in [-0.2, -0.15) is 0 Å². The fourth-order valence-corrected chi connectivity index (χ4v) is 3.40. The molecule has 0 spiro atoms. The second-order valence-corrected chi connectivity index (χ2v) is 6.90. The summed E-state index contributed by atoms with van der Waals surface area (Å²) in [4.78, 5) is 9.74. The predicted octanol–water partition coefficient (Wildman–Crippen LogP) is 1.15. The smallest absolute Gasteiger partial charge is 0.231 e. The zero-order chi connectivity index (χ0) is 18.9. The molecule has 0 radical (unpaired) electrons. The SMILES string of the molecule is CCNC(=NCCN1CCN(CC)CC1)NCCc1ccc2c(c1)OCO2. The first-order valence-corrected chi connectivity index (χ1v) is 10.1. The molecule has 2 N–H and O–H groups in total. The second kappa shape index (κ2) is 10.4. The molecular weight excluding hydrogens is 342 g/mol. The standard InChI is InChI=1S/C20H33N5O2/c1-3-21-20(23-9-10-25-13-11-24(4-2)12-14-25)22-8-7-17-5-6-18-19(15-17)27-16-26-18/h5-6,15H,3-4,7-14,16H2,1-2H3,(H2,21,22,23). The van der Waals surface area contributed by atoms with Gasteiger partial charge in [-0.25, -0.2) is 0 Å². The monoisotopic (exact) mass is 375 g/mol. The van der Waals surface area contributed by atoms with Gasteiger partial charge in [0.25, 0.3) is 0 Å². The number of aliphatic imine (C=N–C) groups is 1. The van der Waals surface area contributed by atoms with Crippen LogP contribution in [0.3, 0.4) is 0 Å². The van der Waals surface area contributed by atoms with Gasteiger partial charge in [0, 0.05) is 45.8 Å². The van der Waals surface area contributed by atoms with E-state index in [1.807, 2.05) is 6.07 Å². The lowest BCUT2D eigenvalue weighted by molar-refractivity contribution is 0.140. The molecule has 0 unspecified atom stereocenters. The molecule has 0 atom stereocenters. The first kappa shape index (κ1) is 19.8. The van der Waals surface area contributed by atoms with E-state index in [0.717, 1.165) is 69.7 Å². The second-order valence-electron chi connectivity index (χ2n) is 6.90. The van der Waals surface area contributed by atoms with Crippen LogP contribution in [-0.4, -0.2) is 81.5 Å². The van der Waals surface area contributed by atoms with Crippen LogP contribution in [0, 0.1) is 0 Å². The van der Waals surface area contributed by atoms with Crippen molar-refractivity contribution < 1.29 is 9.47 Å². The van der Waals surface area contributed by atoms with Crippen LogP contribution in [0.15, 0.2) is 23.2 Å². The number of nitrogens with one attached hydrogen (secondary N) is 2. The van der Waals surface area contributed by atoms with Gasteiger partial charge < -0.3 is 25.0 Å². The number of nitrogens with zero attached hydrogens (tertiary/aromatic N) is 3. The first-order valence-electron chi connectivity index (χ1n) is 10.1. The summed E-state index contributed by atoms with van der Waals surface area (Å²) < 4.78 is 10.8. The van der Waals surface area contributed by atoms with E-state index >= 15 is 0 Å². The number of hydrogen-bond acceptors (Lipinski definition) is 5. The van der Waals surface area contributed by atoms with Crippen molar-refractivity contribution in [2.45, 2.75) is 20.3 Å². The Labute approximate surface area is 162 Å². The van der Waals surface area contributed by atoms with E-state index in [1.165, 1.54) is 18.7 Å². The molecule has 2 heterocycles. The summed E-state index contributed by atoms with van der Waals surface area (Å²) in [6.07, 6.45) is 0.917. The summed E-state index contributed by atoms with van der Waals surface area (Å²) in [6, 6.07) is 6.13. The lowest BCUT2D eigenvalue weighted by Crippen LogP contribution is -2.47. The van der Waals surface area contributed by atoms with Crippen LogP contribution in [0.1, 0.15) is 19.4 Å². The highest BCUT2D eigenvalue weighted by Crippen LogP contribution is 2.32. The maximum atomic E-state index is 5.44. The summed E-state index contributed by atoms with van der Waals surface area (Å²) >= 11 is 0. The van der Waals surface area contributed by atoms with Crippen molar-refractivity contribution in [1.82, 2.24) is 20.4 Å². The number of hydrogen-bond donors (Lipinski definition) is 2. The fraction of sp³-hybridized carbons (Fsp3) is 0.650. The van der Waals surface area contributed by atoms with Crippen LogP contribution in [0.4, 0.5) is 0 Å². The Kier molecular flexibility index (Phi) is 7.59. The molecule has 27 heavy (non-hydrogen) atoms. The molecule has 0 aromatic heterocycles.